The fraction of sp³-hybridized carbons (Fsp3) is 0.185. The van der Waals surface area contributed by atoms with Gasteiger partial charge in [-0.2, -0.15) is 0 Å². The van der Waals surface area contributed by atoms with Crippen molar-refractivity contribution in [2.24, 2.45) is 0 Å². The fourth-order valence-electron chi connectivity index (χ4n) is 4.18. The van der Waals surface area contributed by atoms with E-state index in [1.165, 1.54) is 12.1 Å². The Labute approximate surface area is 197 Å². The van der Waals surface area contributed by atoms with Crippen molar-refractivity contribution in [3.8, 4) is 11.3 Å². The number of nitrogens with one attached hydrogen (secondary N) is 1. The predicted octanol–water partition coefficient (Wildman–Crippen LogP) is 4.82. The molecule has 1 aliphatic heterocycles. The lowest BCUT2D eigenvalue weighted by Crippen LogP contribution is -2.41. The molecule has 1 aromatic heterocycles. The van der Waals surface area contributed by atoms with Crippen LogP contribution in [-0.4, -0.2) is 32.0 Å². The second kappa shape index (κ2) is 9.11. The van der Waals surface area contributed by atoms with Gasteiger partial charge in [0.05, 0.1) is 6.54 Å². The average molecular weight is 457 g/mol. The standard InChI is InChI=1S/C27H25FN4O2/c1-18-7-13-22(14-8-18)29-26-24(19-9-11-21(28)12-10-19)30-23-17-31(15-16-32(23)26)27(34)25(33)20-5-3-2-4-6-20/h2-14,25,29,33H,15-17H2,1H3/t25-/m0/s1. The Morgan fingerprint density at radius 1 is 1.00 bits per heavy atom. The van der Waals surface area contributed by atoms with E-state index in [-0.39, 0.29) is 18.3 Å². The van der Waals surface area contributed by atoms with Crippen LogP contribution in [0.25, 0.3) is 11.3 Å². The molecule has 4 aromatic rings. The number of hydrogen-bond donors (Lipinski definition) is 2. The van der Waals surface area contributed by atoms with Crippen molar-refractivity contribution >= 4 is 17.4 Å². The van der Waals surface area contributed by atoms with Crippen LogP contribution in [0.3, 0.4) is 0 Å². The number of nitrogens with zero attached hydrogens (tertiary/aromatic N) is 3. The number of rotatable bonds is 5. The molecule has 0 bridgehead atoms. The summed E-state index contributed by atoms with van der Waals surface area (Å²) in [6.07, 6.45) is -1.22. The van der Waals surface area contributed by atoms with E-state index in [1.807, 2.05) is 37.3 Å². The number of amides is 1. The summed E-state index contributed by atoms with van der Waals surface area (Å²) in [4.78, 5) is 19.5. The zero-order valence-corrected chi connectivity index (χ0v) is 18.8. The maximum absolute atomic E-state index is 13.6. The number of carbonyl (C=O) groups excluding carboxylic acids is 1. The molecule has 2 N–H and O–H groups in total. The number of aliphatic hydroxyl groups excluding tert-OH is 1. The number of aryl methyl sites for hydroxylation is 1. The molecule has 5 rings (SSSR count). The molecule has 0 spiro atoms. The lowest BCUT2D eigenvalue weighted by Gasteiger charge is -2.30. The van der Waals surface area contributed by atoms with Crippen molar-refractivity contribution in [1.82, 2.24) is 14.5 Å². The minimum absolute atomic E-state index is 0.270. The number of benzene rings is 3. The summed E-state index contributed by atoms with van der Waals surface area (Å²) >= 11 is 0. The van der Waals surface area contributed by atoms with Gasteiger partial charge >= 0.3 is 0 Å². The van der Waals surface area contributed by atoms with E-state index in [1.54, 1.807) is 41.3 Å². The first kappa shape index (κ1) is 21.9. The number of imidazole rings is 1. The van der Waals surface area contributed by atoms with Crippen LogP contribution in [0.1, 0.15) is 23.1 Å². The highest BCUT2D eigenvalue weighted by atomic mass is 19.1. The van der Waals surface area contributed by atoms with Gasteiger partial charge in [0.1, 0.15) is 23.2 Å². The number of fused-ring (bicyclic) bond motifs is 1. The molecule has 0 fully saturated rings. The Balaban J connectivity index is 1.47. The zero-order valence-electron chi connectivity index (χ0n) is 18.8. The van der Waals surface area contributed by atoms with E-state index >= 15 is 0 Å². The molecule has 2 heterocycles. The van der Waals surface area contributed by atoms with Gasteiger partial charge in [0, 0.05) is 24.3 Å². The number of aromatic nitrogens is 2. The number of aliphatic hydroxyl groups is 1. The van der Waals surface area contributed by atoms with Gasteiger partial charge in [0.2, 0.25) is 0 Å². The normalized spacial score (nSPS) is 13.9. The second-order valence-corrected chi connectivity index (χ2v) is 8.45. The lowest BCUT2D eigenvalue weighted by atomic mass is 10.1. The van der Waals surface area contributed by atoms with Gasteiger partial charge in [-0.1, -0.05) is 48.0 Å². The minimum atomic E-state index is -1.22. The highest BCUT2D eigenvalue weighted by Crippen LogP contribution is 2.34. The maximum Gasteiger partial charge on any atom is 0.256 e. The largest absolute Gasteiger partial charge is 0.378 e. The fourth-order valence-corrected chi connectivity index (χ4v) is 4.18. The van der Waals surface area contributed by atoms with Gasteiger partial charge in [-0.25, -0.2) is 9.37 Å². The molecule has 0 radical (unpaired) electrons. The smallest absolute Gasteiger partial charge is 0.256 e. The summed E-state index contributed by atoms with van der Waals surface area (Å²) in [7, 11) is 0. The van der Waals surface area contributed by atoms with Gasteiger partial charge in [0.15, 0.2) is 6.10 Å². The SMILES string of the molecule is Cc1ccc(Nc2c(-c3ccc(F)cc3)nc3n2CCN(C(=O)[C@@H](O)c2ccccc2)C3)cc1. The molecule has 0 aliphatic carbocycles. The first-order valence-corrected chi connectivity index (χ1v) is 11.2. The van der Waals surface area contributed by atoms with Crippen LogP contribution in [0.2, 0.25) is 0 Å². The van der Waals surface area contributed by atoms with Crippen LogP contribution >= 0.6 is 0 Å². The van der Waals surface area contributed by atoms with Crippen LogP contribution in [0, 0.1) is 12.7 Å². The third kappa shape index (κ3) is 4.30. The van der Waals surface area contributed by atoms with Gasteiger partial charge < -0.3 is 19.9 Å². The molecule has 3 aromatic carbocycles. The summed E-state index contributed by atoms with van der Waals surface area (Å²) in [6.45, 7) is 3.26. The Kier molecular flexibility index (Phi) is 5.86. The first-order valence-electron chi connectivity index (χ1n) is 11.2. The Morgan fingerprint density at radius 3 is 2.41 bits per heavy atom. The Hall–Kier alpha value is -3.97. The summed E-state index contributed by atoms with van der Waals surface area (Å²) in [6, 6.07) is 23.2. The summed E-state index contributed by atoms with van der Waals surface area (Å²) in [5, 5.41) is 14.1. The number of halogens is 1. The van der Waals surface area contributed by atoms with Crippen LogP contribution in [-0.2, 0) is 17.9 Å². The van der Waals surface area contributed by atoms with Crippen molar-refractivity contribution in [1.29, 1.82) is 0 Å². The molecule has 0 unspecified atom stereocenters. The van der Waals surface area contributed by atoms with Crippen LogP contribution in [0.4, 0.5) is 15.9 Å². The number of carbonyl (C=O) groups is 1. The van der Waals surface area contributed by atoms with Gasteiger partial charge in [0.25, 0.3) is 5.91 Å². The molecule has 1 aliphatic rings. The van der Waals surface area contributed by atoms with Crippen LogP contribution in [0.5, 0.6) is 0 Å². The van der Waals surface area contributed by atoms with E-state index in [0.717, 1.165) is 22.6 Å². The maximum atomic E-state index is 13.6. The van der Waals surface area contributed by atoms with Gasteiger partial charge in [-0.3, -0.25) is 4.79 Å². The minimum Gasteiger partial charge on any atom is -0.378 e. The van der Waals surface area contributed by atoms with Crippen molar-refractivity contribution in [2.45, 2.75) is 26.1 Å². The highest BCUT2D eigenvalue weighted by Gasteiger charge is 2.30. The summed E-state index contributed by atoms with van der Waals surface area (Å²) in [5.41, 5.74) is 4.10. The molecule has 1 atom stereocenters. The van der Waals surface area contributed by atoms with E-state index < -0.39 is 6.10 Å². The molecular formula is C27H25FN4O2. The number of anilines is 2. The Bertz CT molecular complexity index is 1300. The third-order valence-corrected chi connectivity index (χ3v) is 6.07. The monoisotopic (exact) mass is 456 g/mol. The second-order valence-electron chi connectivity index (χ2n) is 8.45. The third-order valence-electron chi connectivity index (χ3n) is 6.07. The molecule has 34 heavy (non-hydrogen) atoms. The van der Waals surface area contributed by atoms with Gasteiger partial charge in [-0.15, -0.1) is 0 Å². The van der Waals surface area contributed by atoms with E-state index in [2.05, 4.69) is 9.88 Å². The quantitative estimate of drug-likeness (QED) is 0.452. The molecular weight excluding hydrogens is 431 g/mol. The predicted molar refractivity (Wildman–Crippen MR) is 129 cm³/mol. The summed E-state index contributed by atoms with van der Waals surface area (Å²) in [5.74, 6) is 0.833. The van der Waals surface area contributed by atoms with E-state index in [9.17, 15) is 14.3 Å². The number of hydrogen-bond acceptors (Lipinski definition) is 4. The van der Waals surface area contributed by atoms with Crippen LogP contribution in [0.15, 0.2) is 78.9 Å². The molecule has 6 nitrogen and oxygen atoms in total. The molecule has 0 saturated carbocycles. The van der Waals surface area contributed by atoms with Crippen molar-refractivity contribution in [3.63, 3.8) is 0 Å². The lowest BCUT2D eigenvalue weighted by molar-refractivity contribution is -0.142. The van der Waals surface area contributed by atoms with E-state index in [0.29, 0.717) is 30.2 Å². The molecule has 172 valence electrons. The highest BCUT2D eigenvalue weighted by molar-refractivity contribution is 5.82. The zero-order chi connectivity index (χ0) is 23.7. The summed E-state index contributed by atoms with van der Waals surface area (Å²) < 4.78 is 15.6. The van der Waals surface area contributed by atoms with Crippen molar-refractivity contribution in [2.75, 3.05) is 11.9 Å². The average Bonchev–Trinajstić information content (AvgIpc) is 3.23. The van der Waals surface area contributed by atoms with E-state index in [4.69, 9.17) is 4.98 Å². The van der Waals surface area contributed by atoms with Crippen molar-refractivity contribution < 1.29 is 14.3 Å². The van der Waals surface area contributed by atoms with Gasteiger partial charge in [-0.05, 0) is 48.9 Å². The molecule has 0 saturated heterocycles. The first-order chi connectivity index (χ1) is 16.5. The molecule has 1 amide bonds. The van der Waals surface area contributed by atoms with Crippen molar-refractivity contribution in [3.05, 3.63) is 102 Å². The topological polar surface area (TPSA) is 70.4 Å². The van der Waals surface area contributed by atoms with Crippen LogP contribution < -0.4 is 5.32 Å². The molecule has 7 heteroatoms. The Morgan fingerprint density at radius 2 is 1.71 bits per heavy atom.